The van der Waals surface area contributed by atoms with Gasteiger partial charge in [0, 0.05) is 10.0 Å². The predicted molar refractivity (Wildman–Crippen MR) is 115 cm³/mol. The summed E-state index contributed by atoms with van der Waals surface area (Å²) >= 11 is 3.44. The molecule has 144 valence electrons. The lowest BCUT2D eigenvalue weighted by Gasteiger charge is -2.36. The molecule has 29 heavy (non-hydrogen) atoms. The Morgan fingerprint density at radius 2 is 1.69 bits per heavy atom. The molecule has 1 aliphatic heterocycles. The van der Waals surface area contributed by atoms with Crippen molar-refractivity contribution in [3.63, 3.8) is 0 Å². The van der Waals surface area contributed by atoms with Crippen molar-refractivity contribution in [2.75, 3.05) is 4.90 Å². The fraction of sp³-hybridized carbons (Fsp3) is 0.167. The Balaban J connectivity index is 1.91. The molecule has 0 aromatic heterocycles. The molecule has 2 atom stereocenters. The predicted octanol–water partition coefficient (Wildman–Crippen LogP) is 4.66. The minimum atomic E-state index is -2.02. The van der Waals surface area contributed by atoms with Crippen molar-refractivity contribution in [3.05, 3.63) is 100 Å². The summed E-state index contributed by atoms with van der Waals surface area (Å²) in [6.45, 7) is 1.93. The van der Waals surface area contributed by atoms with Gasteiger partial charge in [0.05, 0.1) is 18.3 Å². The van der Waals surface area contributed by atoms with Crippen molar-refractivity contribution in [2.24, 2.45) is 0 Å². The van der Waals surface area contributed by atoms with Crippen molar-refractivity contribution < 1.29 is 9.90 Å². The van der Waals surface area contributed by atoms with Gasteiger partial charge in [-0.15, -0.1) is 0 Å². The molecule has 0 aliphatic carbocycles. The Labute approximate surface area is 178 Å². The molecular formula is C24H19BrN2O2. The molecule has 4 nitrogen and oxygen atoms in total. The van der Waals surface area contributed by atoms with Crippen LogP contribution in [0.1, 0.15) is 23.6 Å². The van der Waals surface area contributed by atoms with Crippen LogP contribution in [0, 0.1) is 11.3 Å². The van der Waals surface area contributed by atoms with Crippen LogP contribution in [0.2, 0.25) is 0 Å². The molecule has 0 bridgehead atoms. The minimum Gasteiger partial charge on any atom is -0.374 e. The Hall–Kier alpha value is -2.94. The average molecular weight is 447 g/mol. The molecule has 4 rings (SSSR count). The minimum absolute atomic E-state index is 0.312. The zero-order valence-electron chi connectivity index (χ0n) is 15.8. The number of fused-ring (bicyclic) bond motifs is 1. The Morgan fingerprint density at radius 3 is 2.31 bits per heavy atom. The quantitative estimate of drug-likeness (QED) is 0.633. The third kappa shape index (κ3) is 2.88. The summed E-state index contributed by atoms with van der Waals surface area (Å²) in [5.74, 6) is -0.498. The van der Waals surface area contributed by atoms with Crippen molar-refractivity contribution in [1.82, 2.24) is 0 Å². The number of benzene rings is 3. The highest BCUT2D eigenvalue weighted by Crippen LogP contribution is 2.52. The number of amides is 1. The van der Waals surface area contributed by atoms with Gasteiger partial charge in [-0.3, -0.25) is 4.79 Å². The van der Waals surface area contributed by atoms with Gasteiger partial charge in [0.25, 0.3) is 5.91 Å². The van der Waals surface area contributed by atoms with Crippen LogP contribution < -0.4 is 4.90 Å². The van der Waals surface area contributed by atoms with Crippen LogP contribution >= 0.6 is 15.9 Å². The number of carbonyl (C=O) groups is 1. The molecule has 0 saturated carbocycles. The molecule has 1 aliphatic rings. The number of halogens is 1. The van der Waals surface area contributed by atoms with Gasteiger partial charge in [-0.2, -0.15) is 5.26 Å². The number of rotatable bonds is 4. The van der Waals surface area contributed by atoms with E-state index in [1.54, 1.807) is 48.2 Å². The highest BCUT2D eigenvalue weighted by molar-refractivity contribution is 9.10. The van der Waals surface area contributed by atoms with E-state index in [0.717, 1.165) is 10.0 Å². The fourth-order valence-electron chi connectivity index (χ4n) is 3.99. The van der Waals surface area contributed by atoms with Crippen LogP contribution in [0.4, 0.5) is 5.69 Å². The summed E-state index contributed by atoms with van der Waals surface area (Å²) in [7, 11) is 0. The summed E-state index contributed by atoms with van der Waals surface area (Å²) in [5, 5.41) is 22.1. The molecule has 3 aromatic rings. The number of hydrogen-bond donors (Lipinski definition) is 1. The number of hydrogen-bond acceptors (Lipinski definition) is 3. The molecule has 0 radical (unpaired) electrons. The lowest BCUT2D eigenvalue weighted by Crippen LogP contribution is -2.53. The lowest BCUT2D eigenvalue weighted by atomic mass is 9.67. The molecule has 1 N–H and O–H groups in total. The van der Waals surface area contributed by atoms with E-state index in [-0.39, 0.29) is 0 Å². The summed E-state index contributed by atoms with van der Waals surface area (Å²) in [6, 6.07) is 26.2. The first-order valence-electron chi connectivity index (χ1n) is 9.27. The standard InChI is InChI=1S/C24H19BrN2O2/c1-23(16-26,18-10-6-3-7-11-18)24(29)20-14-19(25)12-13-21(20)27(22(24)28)15-17-8-4-2-5-9-17/h2-14,29H,15H2,1H3/t23-,24+/m0/s1. The van der Waals surface area contributed by atoms with E-state index < -0.39 is 16.9 Å². The van der Waals surface area contributed by atoms with E-state index >= 15 is 0 Å². The summed E-state index contributed by atoms with van der Waals surface area (Å²) in [4.78, 5) is 15.3. The number of nitriles is 1. The van der Waals surface area contributed by atoms with E-state index in [0.29, 0.717) is 23.4 Å². The van der Waals surface area contributed by atoms with Crippen LogP contribution in [0.25, 0.3) is 0 Å². The highest BCUT2D eigenvalue weighted by atomic mass is 79.9. The number of carbonyl (C=O) groups excluding carboxylic acids is 1. The van der Waals surface area contributed by atoms with Crippen molar-refractivity contribution in [3.8, 4) is 6.07 Å². The van der Waals surface area contributed by atoms with Gasteiger partial charge < -0.3 is 10.0 Å². The summed E-state index contributed by atoms with van der Waals surface area (Å²) < 4.78 is 0.734. The zero-order valence-corrected chi connectivity index (χ0v) is 17.4. The Kier molecular flexibility index (Phi) is 4.77. The van der Waals surface area contributed by atoms with Crippen LogP contribution in [0.3, 0.4) is 0 Å². The fourth-order valence-corrected chi connectivity index (χ4v) is 4.35. The smallest absolute Gasteiger partial charge is 0.266 e. The third-order valence-electron chi connectivity index (χ3n) is 5.68. The first kappa shape index (κ1) is 19.4. The molecule has 5 heteroatoms. The van der Waals surface area contributed by atoms with Gasteiger partial charge in [0.2, 0.25) is 0 Å². The molecule has 0 unspecified atom stereocenters. The number of nitrogens with zero attached hydrogens (tertiary/aromatic N) is 2. The first-order chi connectivity index (χ1) is 13.9. The molecule has 3 aromatic carbocycles. The van der Waals surface area contributed by atoms with Gasteiger partial charge in [-0.25, -0.2) is 0 Å². The second-order valence-corrected chi connectivity index (χ2v) is 8.27. The van der Waals surface area contributed by atoms with Gasteiger partial charge in [0.1, 0.15) is 5.41 Å². The van der Waals surface area contributed by atoms with Gasteiger partial charge >= 0.3 is 0 Å². The molecular weight excluding hydrogens is 428 g/mol. The van der Waals surface area contributed by atoms with E-state index in [1.165, 1.54) is 0 Å². The van der Waals surface area contributed by atoms with Crippen LogP contribution in [0.15, 0.2) is 83.3 Å². The van der Waals surface area contributed by atoms with Crippen molar-refractivity contribution in [1.29, 1.82) is 5.26 Å². The van der Waals surface area contributed by atoms with E-state index in [2.05, 4.69) is 22.0 Å². The Morgan fingerprint density at radius 1 is 1.07 bits per heavy atom. The van der Waals surface area contributed by atoms with Crippen LogP contribution in [0.5, 0.6) is 0 Å². The molecule has 0 spiro atoms. The van der Waals surface area contributed by atoms with E-state index in [9.17, 15) is 15.2 Å². The van der Waals surface area contributed by atoms with Crippen molar-refractivity contribution in [2.45, 2.75) is 24.5 Å². The zero-order chi connectivity index (χ0) is 20.6. The molecule has 0 fully saturated rings. The van der Waals surface area contributed by atoms with Crippen LogP contribution in [-0.2, 0) is 22.4 Å². The highest BCUT2D eigenvalue weighted by Gasteiger charge is 2.62. The summed E-state index contributed by atoms with van der Waals surface area (Å²) in [5.41, 5.74) is -0.908. The first-order valence-corrected chi connectivity index (χ1v) is 10.1. The Bertz CT molecular complexity index is 1110. The number of anilines is 1. The maximum Gasteiger partial charge on any atom is 0.266 e. The van der Waals surface area contributed by atoms with Gasteiger partial charge in [-0.1, -0.05) is 76.6 Å². The van der Waals surface area contributed by atoms with E-state index in [4.69, 9.17) is 0 Å². The molecule has 0 saturated heterocycles. The lowest BCUT2D eigenvalue weighted by molar-refractivity contribution is -0.141. The van der Waals surface area contributed by atoms with Gasteiger partial charge in [0.15, 0.2) is 5.60 Å². The third-order valence-corrected chi connectivity index (χ3v) is 6.17. The normalized spacial score (nSPS) is 20.1. The van der Waals surface area contributed by atoms with Crippen molar-refractivity contribution >= 4 is 27.5 Å². The largest absolute Gasteiger partial charge is 0.374 e. The van der Waals surface area contributed by atoms with Gasteiger partial charge in [-0.05, 0) is 36.2 Å². The van der Waals surface area contributed by atoms with E-state index in [1.807, 2.05) is 42.5 Å². The average Bonchev–Trinajstić information content (AvgIpc) is 2.97. The maximum absolute atomic E-state index is 13.7. The molecule has 1 heterocycles. The topological polar surface area (TPSA) is 64.3 Å². The second-order valence-electron chi connectivity index (χ2n) is 7.35. The second kappa shape index (κ2) is 7.14. The monoisotopic (exact) mass is 446 g/mol. The maximum atomic E-state index is 13.7. The van der Waals surface area contributed by atoms with Crippen LogP contribution in [-0.4, -0.2) is 11.0 Å². The summed E-state index contributed by atoms with van der Waals surface area (Å²) in [6.07, 6.45) is 0. The SMILES string of the molecule is C[C@](C#N)(c1ccccc1)[C@]1(O)C(=O)N(Cc2ccccc2)c2ccc(Br)cc21. The number of aliphatic hydroxyl groups is 1. The molecule has 1 amide bonds.